The number of aliphatic carboxylic acids is 1. The molecule has 6 heteroatoms. The fourth-order valence-corrected chi connectivity index (χ4v) is 3.27. The van der Waals surface area contributed by atoms with Gasteiger partial charge in [-0.1, -0.05) is 29.8 Å². The normalized spacial score (nSPS) is 13.9. The fraction of sp³-hybridized carbons (Fsp3) is 0.318. The Balaban J connectivity index is 1.78. The molecule has 28 heavy (non-hydrogen) atoms. The molecular weight excluding hydrogens is 361 g/mol. The van der Waals surface area contributed by atoms with Crippen LogP contribution in [-0.2, 0) is 16.1 Å². The second kappa shape index (κ2) is 8.89. The minimum Gasteiger partial charge on any atom is -0.486 e. The van der Waals surface area contributed by atoms with Crippen molar-refractivity contribution in [2.24, 2.45) is 0 Å². The van der Waals surface area contributed by atoms with E-state index >= 15 is 0 Å². The Bertz CT molecular complexity index is 884. The van der Waals surface area contributed by atoms with Gasteiger partial charge in [-0.25, -0.2) is 9.18 Å². The number of nitrogens with zero attached hydrogens (tertiary/aromatic N) is 1. The molecule has 148 valence electrons. The summed E-state index contributed by atoms with van der Waals surface area (Å²) in [7, 11) is 0. The second-order valence-electron chi connectivity index (χ2n) is 6.84. The minimum atomic E-state index is -0.992. The zero-order valence-corrected chi connectivity index (χ0v) is 16.1. The van der Waals surface area contributed by atoms with Gasteiger partial charge in [-0.3, -0.25) is 0 Å². The van der Waals surface area contributed by atoms with Gasteiger partial charge in [0, 0.05) is 24.8 Å². The Morgan fingerprint density at radius 2 is 1.89 bits per heavy atom. The van der Waals surface area contributed by atoms with Crippen LogP contribution < -0.4 is 9.64 Å². The molecule has 0 atom stereocenters. The van der Waals surface area contributed by atoms with E-state index in [9.17, 15) is 14.3 Å². The molecule has 0 saturated carbocycles. The monoisotopic (exact) mass is 385 g/mol. The molecule has 0 radical (unpaired) electrons. The van der Waals surface area contributed by atoms with Crippen LogP contribution in [0.4, 0.5) is 10.1 Å². The fourth-order valence-electron chi connectivity index (χ4n) is 3.27. The summed E-state index contributed by atoms with van der Waals surface area (Å²) in [6, 6.07) is 12.0. The summed E-state index contributed by atoms with van der Waals surface area (Å²) in [6.07, 6.45) is 0. The van der Waals surface area contributed by atoms with Crippen molar-refractivity contribution in [3.05, 3.63) is 65.0 Å². The van der Waals surface area contributed by atoms with Crippen LogP contribution in [-0.4, -0.2) is 37.4 Å². The predicted octanol–water partition coefficient (Wildman–Crippen LogP) is 4.12. The lowest BCUT2D eigenvalue weighted by Gasteiger charge is -2.29. The molecule has 2 aromatic carbocycles. The average molecular weight is 385 g/mol. The summed E-state index contributed by atoms with van der Waals surface area (Å²) in [4.78, 5) is 13.7. The summed E-state index contributed by atoms with van der Waals surface area (Å²) in [6.45, 7) is 6.31. The zero-order chi connectivity index (χ0) is 20.1. The third-order valence-electron chi connectivity index (χ3n) is 4.68. The first-order chi connectivity index (χ1) is 13.5. The Hall–Kier alpha value is -2.86. The highest BCUT2D eigenvalue weighted by Gasteiger charge is 2.17. The first-order valence-corrected chi connectivity index (χ1v) is 9.21. The number of allylic oxidation sites excluding steroid dienone is 1. The molecule has 0 bridgehead atoms. The standard InChI is InChI=1S/C22H24FNO4/c1-15(2)21(22(25)26)18-6-4-3-5-16(18)14-28-20-8-7-17(13-19(20)23)24-9-11-27-12-10-24/h3-8,13H,9-12,14H2,1-2H3,(H,25,26). The Labute approximate surface area is 164 Å². The van der Waals surface area contributed by atoms with Crippen molar-refractivity contribution in [3.63, 3.8) is 0 Å². The molecule has 0 aliphatic carbocycles. The largest absolute Gasteiger partial charge is 0.486 e. The van der Waals surface area contributed by atoms with E-state index in [1.54, 1.807) is 38.1 Å². The van der Waals surface area contributed by atoms with Crippen molar-refractivity contribution in [1.29, 1.82) is 0 Å². The van der Waals surface area contributed by atoms with E-state index in [0.717, 1.165) is 18.8 Å². The van der Waals surface area contributed by atoms with Crippen LogP contribution in [0.25, 0.3) is 5.57 Å². The van der Waals surface area contributed by atoms with Gasteiger partial charge in [-0.2, -0.15) is 0 Å². The van der Waals surface area contributed by atoms with Crippen LogP contribution in [0, 0.1) is 5.82 Å². The number of hydrogen-bond donors (Lipinski definition) is 1. The van der Waals surface area contributed by atoms with E-state index in [-0.39, 0.29) is 17.9 Å². The molecule has 0 spiro atoms. The van der Waals surface area contributed by atoms with E-state index in [1.807, 2.05) is 12.1 Å². The lowest BCUT2D eigenvalue weighted by molar-refractivity contribution is -0.130. The van der Waals surface area contributed by atoms with Gasteiger partial charge in [0.1, 0.15) is 6.61 Å². The van der Waals surface area contributed by atoms with E-state index in [0.29, 0.717) is 29.9 Å². The Kier molecular flexibility index (Phi) is 6.31. The van der Waals surface area contributed by atoms with Crippen molar-refractivity contribution in [1.82, 2.24) is 0 Å². The molecule has 1 N–H and O–H groups in total. The number of carbonyl (C=O) groups is 1. The number of halogens is 1. The maximum atomic E-state index is 14.5. The number of morpholine rings is 1. The molecule has 5 nitrogen and oxygen atoms in total. The third-order valence-corrected chi connectivity index (χ3v) is 4.68. The Morgan fingerprint density at radius 1 is 1.18 bits per heavy atom. The van der Waals surface area contributed by atoms with Gasteiger partial charge < -0.3 is 19.5 Å². The van der Waals surface area contributed by atoms with E-state index in [1.165, 1.54) is 6.07 Å². The molecule has 0 amide bonds. The van der Waals surface area contributed by atoms with Gasteiger partial charge in [-0.15, -0.1) is 0 Å². The van der Waals surface area contributed by atoms with Crippen LogP contribution in [0.5, 0.6) is 5.75 Å². The molecule has 0 aromatic heterocycles. The van der Waals surface area contributed by atoms with Crippen LogP contribution in [0.1, 0.15) is 25.0 Å². The van der Waals surface area contributed by atoms with Crippen LogP contribution in [0.3, 0.4) is 0 Å². The average Bonchev–Trinajstić information content (AvgIpc) is 2.68. The Morgan fingerprint density at radius 3 is 2.54 bits per heavy atom. The number of rotatable bonds is 6. The SMILES string of the molecule is CC(C)=C(C(=O)O)c1ccccc1COc1ccc(N2CCOCC2)cc1F. The minimum absolute atomic E-state index is 0.0774. The molecule has 1 saturated heterocycles. The molecule has 0 unspecified atom stereocenters. The lowest BCUT2D eigenvalue weighted by Crippen LogP contribution is -2.36. The van der Waals surface area contributed by atoms with Crippen molar-refractivity contribution in [2.75, 3.05) is 31.2 Å². The number of hydrogen-bond acceptors (Lipinski definition) is 4. The van der Waals surface area contributed by atoms with E-state index in [2.05, 4.69) is 4.90 Å². The molecule has 1 heterocycles. The lowest BCUT2D eigenvalue weighted by atomic mass is 9.97. The maximum absolute atomic E-state index is 14.5. The summed E-state index contributed by atoms with van der Waals surface area (Å²) >= 11 is 0. The van der Waals surface area contributed by atoms with Crippen molar-refractivity contribution < 1.29 is 23.8 Å². The smallest absolute Gasteiger partial charge is 0.336 e. The van der Waals surface area contributed by atoms with E-state index < -0.39 is 11.8 Å². The predicted molar refractivity (Wildman–Crippen MR) is 106 cm³/mol. The number of benzene rings is 2. The van der Waals surface area contributed by atoms with Gasteiger partial charge in [0.25, 0.3) is 0 Å². The topological polar surface area (TPSA) is 59.0 Å². The second-order valence-corrected chi connectivity index (χ2v) is 6.84. The summed E-state index contributed by atoms with van der Waals surface area (Å²) < 4.78 is 25.5. The first kappa shape index (κ1) is 19.9. The molecule has 1 fully saturated rings. The summed E-state index contributed by atoms with van der Waals surface area (Å²) in [5.41, 5.74) is 3.01. The number of anilines is 1. The molecular formula is C22H24FNO4. The van der Waals surface area contributed by atoms with Crippen LogP contribution >= 0.6 is 0 Å². The number of ether oxygens (including phenoxy) is 2. The third kappa shape index (κ3) is 4.51. The van der Waals surface area contributed by atoms with Crippen LogP contribution in [0.15, 0.2) is 48.0 Å². The van der Waals surface area contributed by atoms with Gasteiger partial charge >= 0.3 is 5.97 Å². The highest BCUT2D eigenvalue weighted by atomic mass is 19.1. The molecule has 1 aliphatic rings. The highest BCUT2D eigenvalue weighted by Crippen LogP contribution is 2.27. The van der Waals surface area contributed by atoms with Crippen molar-refractivity contribution in [3.8, 4) is 5.75 Å². The molecule has 3 rings (SSSR count). The molecule has 2 aromatic rings. The summed E-state index contributed by atoms with van der Waals surface area (Å²) in [5.74, 6) is -1.29. The van der Waals surface area contributed by atoms with Gasteiger partial charge in [0.05, 0.1) is 18.8 Å². The zero-order valence-electron chi connectivity index (χ0n) is 16.1. The van der Waals surface area contributed by atoms with Crippen LogP contribution in [0.2, 0.25) is 0 Å². The first-order valence-electron chi connectivity index (χ1n) is 9.21. The van der Waals surface area contributed by atoms with Crippen molar-refractivity contribution in [2.45, 2.75) is 20.5 Å². The van der Waals surface area contributed by atoms with E-state index in [4.69, 9.17) is 9.47 Å². The van der Waals surface area contributed by atoms with Crippen molar-refractivity contribution >= 4 is 17.2 Å². The van der Waals surface area contributed by atoms with Gasteiger partial charge in [0.2, 0.25) is 0 Å². The number of carboxylic acid groups (broad SMARTS) is 1. The van der Waals surface area contributed by atoms with Gasteiger partial charge in [-0.05, 0) is 37.1 Å². The highest BCUT2D eigenvalue weighted by molar-refractivity contribution is 6.16. The van der Waals surface area contributed by atoms with Gasteiger partial charge in [0.15, 0.2) is 11.6 Å². The molecule has 1 aliphatic heterocycles. The summed E-state index contributed by atoms with van der Waals surface area (Å²) in [5, 5.41) is 9.53. The maximum Gasteiger partial charge on any atom is 0.336 e. The quantitative estimate of drug-likeness (QED) is 0.758. The number of carboxylic acids is 1.